The Bertz CT molecular complexity index is 386. The molecule has 0 saturated carbocycles. The van der Waals surface area contributed by atoms with E-state index in [1.54, 1.807) is 0 Å². The summed E-state index contributed by atoms with van der Waals surface area (Å²) in [7, 11) is 0. The molecule has 0 amide bonds. The van der Waals surface area contributed by atoms with Crippen LogP contribution in [0, 0.1) is 0 Å². The van der Waals surface area contributed by atoms with Crippen LogP contribution in [0.15, 0.2) is 24.3 Å². The summed E-state index contributed by atoms with van der Waals surface area (Å²) in [6.07, 6.45) is 5.61. The summed E-state index contributed by atoms with van der Waals surface area (Å²) in [4.78, 5) is 11.7. The van der Waals surface area contributed by atoms with Gasteiger partial charge in [-0.25, -0.2) is 4.79 Å². The number of benzene rings is 1. The lowest BCUT2D eigenvalue weighted by molar-refractivity contribution is 0.0505. The highest BCUT2D eigenvalue weighted by atomic mass is 16.5. The van der Waals surface area contributed by atoms with Gasteiger partial charge in [0.15, 0.2) is 0 Å². The topological polar surface area (TPSA) is 38.3 Å². The molecular formula is C17H27NO2. The lowest BCUT2D eigenvalue weighted by Crippen LogP contribution is -2.18. The number of nitrogens with one attached hydrogen (secondary N) is 1. The first kappa shape index (κ1) is 16.5. The molecule has 0 aromatic heterocycles. The molecule has 0 radical (unpaired) electrons. The van der Waals surface area contributed by atoms with Crippen LogP contribution in [0.2, 0.25) is 0 Å². The molecule has 0 aliphatic heterocycles. The van der Waals surface area contributed by atoms with Gasteiger partial charge in [0.1, 0.15) is 0 Å². The fourth-order valence-electron chi connectivity index (χ4n) is 2.05. The number of rotatable bonds is 9. The van der Waals surface area contributed by atoms with Crippen LogP contribution in [-0.4, -0.2) is 18.6 Å². The Hall–Kier alpha value is -1.51. The summed E-state index contributed by atoms with van der Waals surface area (Å²) >= 11 is 0. The van der Waals surface area contributed by atoms with Crippen LogP contribution in [0.25, 0.3) is 0 Å². The lowest BCUT2D eigenvalue weighted by atomic mass is 10.1. The van der Waals surface area contributed by atoms with Crippen molar-refractivity contribution >= 4 is 11.7 Å². The van der Waals surface area contributed by atoms with Crippen molar-refractivity contribution in [3.63, 3.8) is 0 Å². The van der Waals surface area contributed by atoms with Crippen LogP contribution in [0.5, 0.6) is 0 Å². The van der Waals surface area contributed by atoms with Gasteiger partial charge in [0.05, 0.1) is 12.2 Å². The van der Waals surface area contributed by atoms with E-state index in [1.807, 2.05) is 31.2 Å². The largest absolute Gasteiger partial charge is 0.462 e. The van der Waals surface area contributed by atoms with Gasteiger partial charge in [-0.1, -0.05) is 33.6 Å². The number of ether oxygens (including phenoxy) is 1. The Labute approximate surface area is 122 Å². The maximum absolute atomic E-state index is 11.7. The standard InChI is InChI=1S/C17H27NO2/c1-4-7-8-15(6-3)18-16-11-9-14(10-12-16)17(19)20-13-5-2/h9-12,15,18H,4-8,13H2,1-3H3. The van der Waals surface area contributed by atoms with E-state index in [9.17, 15) is 4.79 Å². The number of carbonyl (C=O) groups is 1. The predicted octanol–water partition coefficient (Wildman–Crippen LogP) is 4.63. The highest BCUT2D eigenvalue weighted by molar-refractivity contribution is 5.89. The van der Waals surface area contributed by atoms with Crippen LogP contribution < -0.4 is 5.32 Å². The van der Waals surface area contributed by atoms with Crippen molar-refractivity contribution in [2.24, 2.45) is 0 Å². The first-order valence-electron chi connectivity index (χ1n) is 7.74. The minimum Gasteiger partial charge on any atom is -0.462 e. The fourth-order valence-corrected chi connectivity index (χ4v) is 2.05. The van der Waals surface area contributed by atoms with Gasteiger partial charge in [-0.15, -0.1) is 0 Å². The van der Waals surface area contributed by atoms with Crippen molar-refractivity contribution in [3.8, 4) is 0 Å². The van der Waals surface area contributed by atoms with Gasteiger partial charge in [0, 0.05) is 11.7 Å². The average Bonchev–Trinajstić information content (AvgIpc) is 2.49. The normalized spacial score (nSPS) is 11.9. The second-order valence-corrected chi connectivity index (χ2v) is 5.11. The quantitative estimate of drug-likeness (QED) is 0.668. The monoisotopic (exact) mass is 277 g/mol. The summed E-state index contributed by atoms with van der Waals surface area (Å²) in [6, 6.07) is 8.07. The second kappa shape index (κ2) is 9.40. The van der Waals surface area contributed by atoms with Crippen LogP contribution in [0.4, 0.5) is 5.69 Å². The molecule has 3 heteroatoms. The zero-order chi connectivity index (χ0) is 14.8. The third kappa shape index (κ3) is 5.64. The molecule has 1 N–H and O–H groups in total. The number of anilines is 1. The van der Waals surface area contributed by atoms with E-state index in [1.165, 1.54) is 19.3 Å². The highest BCUT2D eigenvalue weighted by Gasteiger charge is 2.08. The summed E-state index contributed by atoms with van der Waals surface area (Å²) in [5.41, 5.74) is 1.69. The highest BCUT2D eigenvalue weighted by Crippen LogP contribution is 2.15. The van der Waals surface area contributed by atoms with Crippen LogP contribution in [0.1, 0.15) is 63.2 Å². The first-order chi connectivity index (χ1) is 9.71. The van der Waals surface area contributed by atoms with Crippen LogP contribution >= 0.6 is 0 Å². The average molecular weight is 277 g/mol. The van der Waals surface area contributed by atoms with Crippen molar-refractivity contribution in [1.29, 1.82) is 0 Å². The van der Waals surface area contributed by atoms with E-state index in [0.29, 0.717) is 18.2 Å². The smallest absolute Gasteiger partial charge is 0.338 e. The van der Waals surface area contributed by atoms with E-state index in [-0.39, 0.29) is 5.97 Å². The summed E-state index contributed by atoms with van der Waals surface area (Å²) in [5.74, 6) is -0.239. The number of carbonyl (C=O) groups excluding carboxylic acids is 1. The zero-order valence-corrected chi connectivity index (χ0v) is 12.9. The van der Waals surface area contributed by atoms with E-state index < -0.39 is 0 Å². The molecule has 1 unspecified atom stereocenters. The third-order valence-corrected chi connectivity index (χ3v) is 3.33. The Morgan fingerprint density at radius 2 is 1.85 bits per heavy atom. The van der Waals surface area contributed by atoms with Crippen LogP contribution in [0.3, 0.4) is 0 Å². The molecule has 1 aromatic carbocycles. The van der Waals surface area contributed by atoms with Gasteiger partial charge >= 0.3 is 5.97 Å². The molecule has 1 atom stereocenters. The van der Waals surface area contributed by atoms with Gasteiger partial charge in [-0.2, -0.15) is 0 Å². The van der Waals surface area contributed by atoms with Gasteiger partial charge in [-0.3, -0.25) is 0 Å². The number of hydrogen-bond acceptors (Lipinski definition) is 3. The van der Waals surface area contributed by atoms with Gasteiger partial charge in [-0.05, 0) is 43.5 Å². The molecule has 0 aliphatic carbocycles. The van der Waals surface area contributed by atoms with E-state index in [4.69, 9.17) is 4.74 Å². The minimum atomic E-state index is -0.239. The van der Waals surface area contributed by atoms with Crippen molar-refractivity contribution < 1.29 is 9.53 Å². The minimum absolute atomic E-state index is 0.239. The molecule has 112 valence electrons. The van der Waals surface area contributed by atoms with E-state index >= 15 is 0 Å². The molecule has 1 rings (SSSR count). The van der Waals surface area contributed by atoms with Crippen molar-refractivity contribution in [2.75, 3.05) is 11.9 Å². The fraction of sp³-hybridized carbons (Fsp3) is 0.588. The van der Waals surface area contributed by atoms with Gasteiger partial charge in [0.25, 0.3) is 0 Å². The zero-order valence-electron chi connectivity index (χ0n) is 12.9. The first-order valence-corrected chi connectivity index (χ1v) is 7.74. The van der Waals surface area contributed by atoms with Crippen LogP contribution in [-0.2, 0) is 4.74 Å². The Kier molecular flexibility index (Phi) is 7.78. The van der Waals surface area contributed by atoms with Crippen molar-refractivity contribution in [1.82, 2.24) is 0 Å². The Balaban J connectivity index is 2.54. The number of unbranched alkanes of at least 4 members (excludes halogenated alkanes) is 1. The molecule has 0 spiro atoms. The molecule has 0 fully saturated rings. The number of esters is 1. The summed E-state index contributed by atoms with van der Waals surface area (Å²) in [5, 5.41) is 3.52. The Morgan fingerprint density at radius 1 is 1.15 bits per heavy atom. The van der Waals surface area contributed by atoms with Crippen molar-refractivity contribution in [2.45, 2.75) is 58.9 Å². The SMILES string of the molecule is CCCCC(CC)Nc1ccc(C(=O)OCCC)cc1. The summed E-state index contributed by atoms with van der Waals surface area (Å²) < 4.78 is 5.11. The van der Waals surface area contributed by atoms with E-state index in [0.717, 1.165) is 18.5 Å². The maximum Gasteiger partial charge on any atom is 0.338 e. The molecule has 0 aliphatic rings. The molecule has 0 heterocycles. The third-order valence-electron chi connectivity index (χ3n) is 3.33. The predicted molar refractivity (Wildman–Crippen MR) is 84.2 cm³/mol. The molecule has 20 heavy (non-hydrogen) atoms. The maximum atomic E-state index is 11.7. The Morgan fingerprint density at radius 3 is 2.40 bits per heavy atom. The van der Waals surface area contributed by atoms with Gasteiger partial charge < -0.3 is 10.1 Å². The summed E-state index contributed by atoms with van der Waals surface area (Å²) in [6.45, 7) is 6.88. The molecule has 0 bridgehead atoms. The van der Waals surface area contributed by atoms with Gasteiger partial charge in [0.2, 0.25) is 0 Å². The van der Waals surface area contributed by atoms with Crippen molar-refractivity contribution in [3.05, 3.63) is 29.8 Å². The molecule has 0 saturated heterocycles. The lowest BCUT2D eigenvalue weighted by Gasteiger charge is -2.18. The molecule has 3 nitrogen and oxygen atoms in total. The van der Waals surface area contributed by atoms with E-state index in [2.05, 4.69) is 19.2 Å². The number of hydrogen-bond donors (Lipinski definition) is 1. The molecular weight excluding hydrogens is 250 g/mol. The second-order valence-electron chi connectivity index (χ2n) is 5.11. The molecule has 1 aromatic rings.